The molecule has 3 aliphatic rings. The van der Waals surface area contributed by atoms with Gasteiger partial charge in [-0.05, 0) is 42.9 Å². The van der Waals surface area contributed by atoms with Crippen molar-refractivity contribution in [1.82, 2.24) is 9.91 Å². The first-order chi connectivity index (χ1) is 12.4. The molecule has 2 fully saturated rings. The Labute approximate surface area is 149 Å². The molecule has 1 saturated heterocycles. The Kier molecular flexibility index (Phi) is 4.13. The van der Waals surface area contributed by atoms with E-state index in [1.165, 1.54) is 9.91 Å². The van der Waals surface area contributed by atoms with Crippen molar-refractivity contribution in [1.29, 1.82) is 0 Å². The first kappa shape index (κ1) is 16.9. The summed E-state index contributed by atoms with van der Waals surface area (Å²) in [5.74, 6) is -1.20. The lowest BCUT2D eigenvalue weighted by Gasteiger charge is -2.26. The molecule has 0 radical (unpaired) electrons. The van der Waals surface area contributed by atoms with Gasteiger partial charge in [0.2, 0.25) is 5.91 Å². The second-order valence-corrected chi connectivity index (χ2v) is 7.27. The number of rotatable bonds is 2. The number of amides is 2. The molecular weight excluding hydrogens is 344 g/mol. The molecule has 2 aliphatic heterocycles. The van der Waals surface area contributed by atoms with Crippen LogP contribution in [0.5, 0.6) is 0 Å². The number of carbonyl (C=O) groups excluding carboxylic acids is 1. The highest BCUT2D eigenvalue weighted by molar-refractivity contribution is 5.82. The third-order valence-corrected chi connectivity index (χ3v) is 5.74. The van der Waals surface area contributed by atoms with Gasteiger partial charge in [0.1, 0.15) is 11.6 Å². The van der Waals surface area contributed by atoms with Crippen molar-refractivity contribution in [2.45, 2.75) is 25.3 Å². The van der Waals surface area contributed by atoms with Gasteiger partial charge in [0.15, 0.2) is 0 Å². The number of fused-ring (bicyclic) bond motifs is 1. The van der Waals surface area contributed by atoms with E-state index in [4.69, 9.17) is 5.11 Å². The zero-order valence-corrected chi connectivity index (χ0v) is 14.0. The number of hydrazone groups is 1. The lowest BCUT2D eigenvalue weighted by molar-refractivity contribution is -0.137. The van der Waals surface area contributed by atoms with E-state index in [-0.39, 0.29) is 29.2 Å². The summed E-state index contributed by atoms with van der Waals surface area (Å²) < 4.78 is 27.6. The fraction of sp³-hybridized carbons (Fsp3) is 0.500. The van der Waals surface area contributed by atoms with Gasteiger partial charge >= 0.3 is 6.09 Å². The van der Waals surface area contributed by atoms with Gasteiger partial charge in [-0.2, -0.15) is 5.10 Å². The van der Waals surface area contributed by atoms with Crippen LogP contribution < -0.4 is 0 Å². The van der Waals surface area contributed by atoms with E-state index in [0.717, 1.165) is 18.2 Å². The molecule has 6 nitrogen and oxygen atoms in total. The lowest BCUT2D eigenvalue weighted by atomic mass is 10.00. The van der Waals surface area contributed by atoms with Gasteiger partial charge in [0, 0.05) is 37.2 Å². The first-order valence-electron chi connectivity index (χ1n) is 8.72. The van der Waals surface area contributed by atoms with Gasteiger partial charge in [-0.3, -0.25) is 4.79 Å². The molecule has 138 valence electrons. The number of benzene rings is 1. The molecular formula is C18H19F2N3O3. The van der Waals surface area contributed by atoms with Crippen LogP contribution >= 0.6 is 0 Å². The molecule has 1 aromatic rings. The third kappa shape index (κ3) is 2.83. The monoisotopic (exact) mass is 363 g/mol. The van der Waals surface area contributed by atoms with Crippen LogP contribution in [0, 0.1) is 29.4 Å². The van der Waals surface area contributed by atoms with Crippen LogP contribution in [0.3, 0.4) is 0 Å². The summed E-state index contributed by atoms with van der Waals surface area (Å²) in [7, 11) is 0. The van der Waals surface area contributed by atoms with Crippen molar-refractivity contribution in [3.63, 3.8) is 0 Å². The molecule has 26 heavy (non-hydrogen) atoms. The van der Waals surface area contributed by atoms with Crippen LogP contribution in [0.25, 0.3) is 0 Å². The summed E-state index contributed by atoms with van der Waals surface area (Å²) in [5.41, 5.74) is 0.131. The van der Waals surface area contributed by atoms with Crippen LogP contribution in [0.2, 0.25) is 0 Å². The second-order valence-electron chi connectivity index (χ2n) is 7.27. The Morgan fingerprint density at radius 2 is 1.85 bits per heavy atom. The highest BCUT2D eigenvalue weighted by atomic mass is 19.1. The van der Waals surface area contributed by atoms with Gasteiger partial charge in [-0.1, -0.05) is 0 Å². The van der Waals surface area contributed by atoms with Crippen molar-refractivity contribution in [2.24, 2.45) is 22.9 Å². The number of likely N-dealkylation sites (tertiary alicyclic amines) is 1. The molecule has 1 aromatic carbocycles. The predicted molar refractivity (Wildman–Crippen MR) is 88.4 cm³/mol. The van der Waals surface area contributed by atoms with Crippen LogP contribution in [0.1, 0.15) is 30.9 Å². The van der Waals surface area contributed by atoms with Gasteiger partial charge in [0.05, 0.1) is 6.04 Å². The normalized spacial score (nSPS) is 30.1. The minimum atomic E-state index is -0.923. The van der Waals surface area contributed by atoms with Crippen molar-refractivity contribution in [3.8, 4) is 0 Å². The largest absolute Gasteiger partial charge is 0.465 e. The average Bonchev–Trinajstić information content (AvgIpc) is 3.29. The average molecular weight is 363 g/mol. The number of carboxylic acid groups (broad SMARTS) is 1. The molecule has 1 aliphatic carbocycles. The minimum absolute atomic E-state index is 0.131. The summed E-state index contributed by atoms with van der Waals surface area (Å²) >= 11 is 0. The van der Waals surface area contributed by atoms with Crippen molar-refractivity contribution < 1.29 is 23.5 Å². The summed E-state index contributed by atoms with van der Waals surface area (Å²) in [5, 5.41) is 14.5. The van der Waals surface area contributed by atoms with E-state index in [1.807, 2.05) is 0 Å². The predicted octanol–water partition coefficient (Wildman–Crippen LogP) is 2.86. The van der Waals surface area contributed by atoms with Crippen LogP contribution in [-0.4, -0.2) is 46.3 Å². The fourth-order valence-corrected chi connectivity index (χ4v) is 4.50. The Bertz CT molecular complexity index is 771. The molecule has 0 bridgehead atoms. The lowest BCUT2D eigenvalue weighted by Crippen LogP contribution is -2.34. The van der Waals surface area contributed by atoms with E-state index < -0.39 is 23.8 Å². The summed E-state index contributed by atoms with van der Waals surface area (Å²) in [4.78, 5) is 25.4. The Hall–Kier alpha value is -2.51. The number of hydrogen-bond donors (Lipinski definition) is 1. The first-order valence-corrected chi connectivity index (χ1v) is 8.72. The molecule has 2 heterocycles. The Morgan fingerprint density at radius 1 is 1.15 bits per heavy atom. The molecule has 2 unspecified atom stereocenters. The zero-order valence-electron chi connectivity index (χ0n) is 14.0. The molecule has 0 spiro atoms. The third-order valence-electron chi connectivity index (χ3n) is 5.74. The molecule has 4 rings (SSSR count). The van der Waals surface area contributed by atoms with E-state index in [0.29, 0.717) is 32.4 Å². The summed E-state index contributed by atoms with van der Waals surface area (Å²) in [6.07, 6.45) is 2.19. The van der Waals surface area contributed by atoms with Gasteiger partial charge in [-0.15, -0.1) is 0 Å². The van der Waals surface area contributed by atoms with Crippen molar-refractivity contribution in [2.75, 3.05) is 13.1 Å². The maximum atomic E-state index is 14.1. The molecule has 1 N–H and O–H groups in total. The van der Waals surface area contributed by atoms with Crippen molar-refractivity contribution >= 4 is 18.2 Å². The van der Waals surface area contributed by atoms with E-state index in [2.05, 4.69) is 5.10 Å². The summed E-state index contributed by atoms with van der Waals surface area (Å²) in [6.45, 7) is 0.907. The molecule has 8 heteroatoms. The number of nitrogens with zero attached hydrogens (tertiary/aromatic N) is 3. The molecule has 4 atom stereocenters. The van der Waals surface area contributed by atoms with E-state index >= 15 is 0 Å². The topological polar surface area (TPSA) is 73.2 Å². The quantitative estimate of drug-likeness (QED) is 0.878. The summed E-state index contributed by atoms with van der Waals surface area (Å²) in [6, 6.07) is 2.59. The molecule has 2 amide bonds. The van der Waals surface area contributed by atoms with E-state index in [1.54, 1.807) is 6.21 Å². The highest BCUT2D eigenvalue weighted by Gasteiger charge is 2.46. The SMILES string of the molecule is O=C(O)N1C[C@H]2CC(C(=O)N3N=CCC3c3cc(F)ccc3F)C[C@H]2C1. The zero-order chi connectivity index (χ0) is 18.4. The maximum Gasteiger partial charge on any atom is 0.407 e. The standard InChI is InChI=1S/C18H19F2N3O3/c19-13-1-2-15(20)14(7-13)16-3-4-21-23(16)17(24)10-5-11-8-22(18(25)26)9-12(11)6-10/h1-2,4,7,10-12,16H,3,5-6,8-9H2,(H,25,26)/t10?,11-,12+,16?. The fourth-order valence-electron chi connectivity index (χ4n) is 4.50. The Morgan fingerprint density at radius 3 is 2.50 bits per heavy atom. The van der Waals surface area contributed by atoms with E-state index in [9.17, 15) is 18.4 Å². The molecule has 0 aromatic heterocycles. The van der Waals surface area contributed by atoms with Crippen LogP contribution in [0.15, 0.2) is 23.3 Å². The second kappa shape index (κ2) is 6.34. The smallest absolute Gasteiger partial charge is 0.407 e. The van der Waals surface area contributed by atoms with Crippen LogP contribution in [0.4, 0.5) is 13.6 Å². The number of carbonyl (C=O) groups is 2. The maximum absolute atomic E-state index is 14.1. The van der Waals surface area contributed by atoms with Gasteiger partial charge in [-0.25, -0.2) is 18.6 Å². The van der Waals surface area contributed by atoms with Crippen LogP contribution in [-0.2, 0) is 4.79 Å². The van der Waals surface area contributed by atoms with Gasteiger partial charge < -0.3 is 10.0 Å². The Balaban J connectivity index is 1.48. The minimum Gasteiger partial charge on any atom is -0.465 e. The van der Waals surface area contributed by atoms with Crippen molar-refractivity contribution in [3.05, 3.63) is 35.4 Å². The van der Waals surface area contributed by atoms with Gasteiger partial charge in [0.25, 0.3) is 0 Å². The number of hydrogen-bond acceptors (Lipinski definition) is 3. The molecule has 1 saturated carbocycles. The number of halogens is 2. The highest BCUT2D eigenvalue weighted by Crippen LogP contribution is 2.43.